The van der Waals surface area contributed by atoms with Gasteiger partial charge in [-0.3, -0.25) is 14.5 Å². The second kappa shape index (κ2) is 5.97. The van der Waals surface area contributed by atoms with Crippen LogP contribution in [0.5, 0.6) is 0 Å². The number of benzene rings is 1. The zero-order chi connectivity index (χ0) is 15.6. The number of imide groups is 1. The molecule has 1 aliphatic heterocycles. The summed E-state index contributed by atoms with van der Waals surface area (Å²) in [6, 6.07) is 3.15. The highest BCUT2D eigenvalue weighted by molar-refractivity contribution is 7.99. The standard InChI is InChI=1S/C13H13F3N2O2S/c14-13(15,16)8-1-2-10(9(17)7-8)21-6-5-18-11(19)3-4-12(18)20/h1-2,7H,3-6,17H2. The van der Waals surface area contributed by atoms with Crippen LogP contribution in [0.2, 0.25) is 0 Å². The molecule has 0 saturated carbocycles. The van der Waals surface area contributed by atoms with Crippen molar-refractivity contribution < 1.29 is 22.8 Å². The van der Waals surface area contributed by atoms with Gasteiger partial charge >= 0.3 is 6.18 Å². The van der Waals surface area contributed by atoms with Crippen LogP contribution >= 0.6 is 11.8 Å². The Morgan fingerprint density at radius 3 is 2.33 bits per heavy atom. The average molecular weight is 318 g/mol. The van der Waals surface area contributed by atoms with E-state index in [-0.39, 0.29) is 36.9 Å². The molecule has 0 bridgehead atoms. The van der Waals surface area contributed by atoms with Crippen LogP contribution in [0.4, 0.5) is 18.9 Å². The number of rotatable bonds is 4. The number of amides is 2. The van der Waals surface area contributed by atoms with Crippen molar-refractivity contribution in [3.63, 3.8) is 0 Å². The molecule has 1 aliphatic rings. The quantitative estimate of drug-likeness (QED) is 0.526. The number of likely N-dealkylation sites (tertiary alicyclic amines) is 1. The number of carbonyl (C=O) groups excluding carboxylic acids is 2. The highest BCUT2D eigenvalue weighted by Crippen LogP contribution is 2.34. The monoisotopic (exact) mass is 318 g/mol. The first kappa shape index (κ1) is 15.7. The lowest BCUT2D eigenvalue weighted by Gasteiger charge is -2.14. The molecular weight excluding hydrogens is 305 g/mol. The van der Waals surface area contributed by atoms with Gasteiger partial charge in [0.25, 0.3) is 0 Å². The van der Waals surface area contributed by atoms with Crippen molar-refractivity contribution in [1.29, 1.82) is 0 Å². The smallest absolute Gasteiger partial charge is 0.398 e. The van der Waals surface area contributed by atoms with E-state index < -0.39 is 11.7 Å². The number of hydrogen-bond donors (Lipinski definition) is 1. The van der Waals surface area contributed by atoms with Crippen LogP contribution in [0.25, 0.3) is 0 Å². The second-order valence-electron chi connectivity index (χ2n) is 4.54. The summed E-state index contributed by atoms with van der Waals surface area (Å²) in [5.74, 6) is -0.0190. The SMILES string of the molecule is Nc1cc(C(F)(F)F)ccc1SCCN1C(=O)CCC1=O. The van der Waals surface area contributed by atoms with Crippen molar-refractivity contribution in [1.82, 2.24) is 4.90 Å². The molecular formula is C13H13F3N2O2S. The Morgan fingerprint density at radius 1 is 1.19 bits per heavy atom. The van der Waals surface area contributed by atoms with Crippen LogP contribution in [0, 0.1) is 0 Å². The average Bonchev–Trinajstić information content (AvgIpc) is 2.71. The minimum Gasteiger partial charge on any atom is -0.398 e. The summed E-state index contributed by atoms with van der Waals surface area (Å²) >= 11 is 1.22. The molecule has 2 N–H and O–H groups in total. The minimum absolute atomic E-state index is 0.0360. The van der Waals surface area contributed by atoms with Crippen LogP contribution in [0.15, 0.2) is 23.1 Å². The van der Waals surface area contributed by atoms with Gasteiger partial charge in [0.1, 0.15) is 0 Å². The Kier molecular flexibility index (Phi) is 4.46. The molecule has 1 heterocycles. The lowest BCUT2D eigenvalue weighted by Crippen LogP contribution is -2.31. The number of carbonyl (C=O) groups is 2. The van der Waals surface area contributed by atoms with Crippen molar-refractivity contribution in [3.8, 4) is 0 Å². The van der Waals surface area contributed by atoms with Crippen LogP contribution in [-0.2, 0) is 15.8 Å². The van der Waals surface area contributed by atoms with Crippen LogP contribution in [0.3, 0.4) is 0 Å². The molecule has 1 aromatic rings. The normalized spacial score (nSPS) is 15.9. The predicted molar refractivity (Wildman–Crippen MR) is 72.5 cm³/mol. The Bertz CT molecular complexity index is 559. The van der Waals surface area contributed by atoms with Crippen molar-refractivity contribution in [2.24, 2.45) is 0 Å². The van der Waals surface area contributed by atoms with E-state index in [1.54, 1.807) is 0 Å². The van der Waals surface area contributed by atoms with Gasteiger partial charge in [0.05, 0.1) is 5.56 Å². The third-order valence-corrected chi connectivity index (χ3v) is 4.13. The molecule has 1 aromatic carbocycles. The number of halogens is 3. The van der Waals surface area contributed by atoms with Crippen molar-refractivity contribution in [2.45, 2.75) is 23.9 Å². The van der Waals surface area contributed by atoms with Gasteiger partial charge in [-0.1, -0.05) is 0 Å². The largest absolute Gasteiger partial charge is 0.416 e. The number of hydrogen-bond acceptors (Lipinski definition) is 4. The molecule has 0 aromatic heterocycles. The molecule has 114 valence electrons. The molecule has 1 saturated heterocycles. The zero-order valence-corrected chi connectivity index (χ0v) is 11.8. The third-order valence-electron chi connectivity index (χ3n) is 3.06. The summed E-state index contributed by atoms with van der Waals surface area (Å²) in [5, 5.41) is 0. The highest BCUT2D eigenvalue weighted by atomic mass is 32.2. The van der Waals surface area contributed by atoms with Crippen molar-refractivity contribution in [2.75, 3.05) is 18.0 Å². The molecule has 21 heavy (non-hydrogen) atoms. The minimum atomic E-state index is -4.42. The van der Waals surface area contributed by atoms with Gasteiger partial charge in [-0.05, 0) is 18.2 Å². The third kappa shape index (κ3) is 3.69. The maximum absolute atomic E-state index is 12.5. The summed E-state index contributed by atoms with van der Waals surface area (Å²) in [4.78, 5) is 24.5. The zero-order valence-electron chi connectivity index (χ0n) is 10.9. The fourth-order valence-electron chi connectivity index (χ4n) is 1.98. The molecule has 0 spiro atoms. The highest BCUT2D eigenvalue weighted by Gasteiger charge is 2.31. The van der Waals surface area contributed by atoms with Gasteiger partial charge < -0.3 is 5.73 Å². The molecule has 2 rings (SSSR count). The maximum Gasteiger partial charge on any atom is 0.416 e. The molecule has 8 heteroatoms. The fraction of sp³-hybridized carbons (Fsp3) is 0.385. The van der Waals surface area contributed by atoms with E-state index in [0.29, 0.717) is 10.6 Å². The molecule has 2 amide bonds. The van der Waals surface area contributed by atoms with Crippen molar-refractivity contribution in [3.05, 3.63) is 23.8 Å². The van der Waals surface area contributed by atoms with E-state index in [9.17, 15) is 22.8 Å². The topological polar surface area (TPSA) is 63.4 Å². The fourth-order valence-corrected chi connectivity index (χ4v) is 2.86. The Hall–Kier alpha value is -1.70. The van der Waals surface area contributed by atoms with Gasteiger partial charge in [-0.15, -0.1) is 11.8 Å². The summed E-state index contributed by atoms with van der Waals surface area (Å²) in [6.45, 7) is 0.239. The van der Waals surface area contributed by atoms with Crippen LogP contribution in [-0.4, -0.2) is 29.0 Å². The van der Waals surface area contributed by atoms with E-state index in [1.807, 2.05) is 0 Å². The lowest BCUT2D eigenvalue weighted by atomic mass is 10.2. The Balaban J connectivity index is 1.95. The van der Waals surface area contributed by atoms with E-state index in [1.165, 1.54) is 22.7 Å². The van der Waals surface area contributed by atoms with Gasteiger partial charge in [0, 0.05) is 35.7 Å². The van der Waals surface area contributed by atoms with E-state index in [2.05, 4.69) is 0 Å². The summed E-state index contributed by atoms with van der Waals surface area (Å²) in [7, 11) is 0. The molecule has 0 radical (unpaired) electrons. The van der Waals surface area contributed by atoms with Crippen molar-refractivity contribution >= 4 is 29.3 Å². The molecule has 4 nitrogen and oxygen atoms in total. The molecule has 0 unspecified atom stereocenters. The first-order valence-corrected chi connectivity index (χ1v) is 7.20. The number of nitrogen functional groups attached to an aromatic ring is 1. The van der Waals surface area contributed by atoms with Crippen LogP contribution in [0.1, 0.15) is 18.4 Å². The molecule has 1 fully saturated rings. The van der Waals surface area contributed by atoms with Gasteiger partial charge in [-0.2, -0.15) is 13.2 Å². The number of thioether (sulfide) groups is 1. The number of nitrogens with two attached hydrogens (primary N) is 1. The Morgan fingerprint density at radius 2 is 1.81 bits per heavy atom. The van der Waals surface area contributed by atoms with Crippen LogP contribution < -0.4 is 5.73 Å². The maximum atomic E-state index is 12.5. The second-order valence-corrected chi connectivity index (χ2v) is 5.67. The molecule has 0 atom stereocenters. The summed E-state index contributed by atoms with van der Waals surface area (Å²) < 4.78 is 37.5. The van der Waals surface area contributed by atoms with E-state index in [0.717, 1.165) is 12.1 Å². The predicted octanol–water partition coefficient (Wildman–Crippen LogP) is 2.53. The molecule has 0 aliphatic carbocycles. The summed E-state index contributed by atoms with van der Waals surface area (Å²) in [5.41, 5.74) is 4.84. The lowest BCUT2D eigenvalue weighted by molar-refractivity contribution is -0.138. The number of nitrogens with zero attached hydrogens (tertiary/aromatic N) is 1. The van der Waals surface area contributed by atoms with Gasteiger partial charge in [0.2, 0.25) is 11.8 Å². The Labute approximate surface area is 123 Å². The van der Waals surface area contributed by atoms with Gasteiger partial charge in [0.15, 0.2) is 0 Å². The first-order valence-electron chi connectivity index (χ1n) is 6.22. The van der Waals surface area contributed by atoms with E-state index >= 15 is 0 Å². The first-order chi connectivity index (χ1) is 9.79. The number of anilines is 1. The van der Waals surface area contributed by atoms with Gasteiger partial charge in [-0.25, -0.2) is 0 Å². The van der Waals surface area contributed by atoms with E-state index in [4.69, 9.17) is 5.73 Å². The number of alkyl halides is 3. The summed E-state index contributed by atoms with van der Waals surface area (Å²) in [6.07, 6.45) is -3.97.